The molecule has 2 aliphatic carbocycles. The first-order valence-electron chi connectivity index (χ1n) is 39.0. The molecule has 21 rings (SSSR count). The quantitative estimate of drug-likeness (QED) is 0.114. The summed E-state index contributed by atoms with van der Waals surface area (Å²) in [6.07, 6.45) is 0. The van der Waals surface area contributed by atoms with Crippen LogP contribution in [0.4, 0.5) is 34.1 Å². The van der Waals surface area contributed by atoms with Gasteiger partial charge in [-0.15, -0.1) is 0 Å². The van der Waals surface area contributed by atoms with Crippen LogP contribution in [0.15, 0.2) is 413 Å². The predicted octanol–water partition coefficient (Wildman–Crippen LogP) is 29.5. The van der Waals surface area contributed by atoms with Crippen LogP contribution in [0.5, 0.6) is 0 Å². The van der Waals surface area contributed by atoms with Crippen molar-refractivity contribution in [1.29, 1.82) is 0 Å². The van der Waals surface area contributed by atoms with Gasteiger partial charge in [-0.25, -0.2) is 0 Å². The fourth-order valence-electron chi connectivity index (χ4n) is 18.0. The fraction of sp³-hybridized carbons (Fsp3) is 0.0556. The van der Waals surface area contributed by atoms with E-state index in [9.17, 15) is 0 Å². The van der Waals surface area contributed by atoms with Crippen molar-refractivity contribution in [2.45, 2.75) is 38.5 Å². The molecule has 2 aromatic heterocycles. The Bertz CT molecular complexity index is 6670. The number of aromatic nitrogens is 2. The Morgan fingerprint density at radius 3 is 0.893 bits per heavy atom. The summed E-state index contributed by atoms with van der Waals surface area (Å²) in [5.41, 5.74) is 36.5. The van der Waals surface area contributed by atoms with Gasteiger partial charge in [0.05, 0.1) is 27.8 Å². The molecule has 0 N–H and O–H groups in total. The summed E-state index contributed by atoms with van der Waals surface area (Å²) in [6, 6.07) is 151. The maximum absolute atomic E-state index is 2.43. The molecule has 4 heteroatoms. The van der Waals surface area contributed by atoms with E-state index in [2.05, 4.69) is 459 Å². The summed E-state index contributed by atoms with van der Waals surface area (Å²) in [4.78, 5) is 4.83. The van der Waals surface area contributed by atoms with E-state index in [1.54, 1.807) is 0 Å². The molecule has 2 heterocycles. The SMILES string of the molecule is CC1(C)c2ccccc2-c2ccc(N(c3ccc(-c4ccc(-c5ccccc5)cc4)cc3)c3ccc(-c4cccc(-n5c6ccccc6c6ccccc65)c4)cc3)cc21.CC1(C)c2ccccc2-c2ccc(N(c3ccc(-c4cccc(-n5c6ccccc6c6ccccc65)c4)cc3)c3ccccc3-c3ccccc3)cc21. The number of hydrogen-bond donors (Lipinski definition) is 0. The van der Waals surface area contributed by atoms with Crippen molar-refractivity contribution in [3.05, 3.63) is 435 Å². The predicted molar refractivity (Wildman–Crippen MR) is 473 cm³/mol. The van der Waals surface area contributed by atoms with Gasteiger partial charge in [0, 0.05) is 77.8 Å². The largest absolute Gasteiger partial charge is 0.310 e. The molecule has 0 aliphatic heterocycles. The minimum atomic E-state index is -0.103. The third kappa shape index (κ3) is 11.6. The smallest absolute Gasteiger partial charge is 0.0541 e. The van der Waals surface area contributed by atoms with E-state index < -0.39 is 0 Å². The fourth-order valence-corrected chi connectivity index (χ4v) is 18.0. The van der Waals surface area contributed by atoms with Gasteiger partial charge in [0.2, 0.25) is 0 Å². The molecule has 0 fully saturated rings. The lowest BCUT2D eigenvalue weighted by Crippen LogP contribution is -2.16. The van der Waals surface area contributed by atoms with Crippen LogP contribution in [-0.2, 0) is 10.8 Å². The topological polar surface area (TPSA) is 16.3 Å². The number of rotatable bonds is 13. The lowest BCUT2D eigenvalue weighted by Gasteiger charge is -2.30. The zero-order valence-electron chi connectivity index (χ0n) is 63.0. The summed E-state index contributed by atoms with van der Waals surface area (Å²) < 4.78 is 4.78. The standard InChI is InChI=1S/C57H42N2.C51H38N2/c1-57(2)53-20-9-6-17-49(53)50-36-35-48(38-54(50)57)58(45-31-27-42(28-32-45)41-25-23-40(24-26-41)39-13-4-3-5-14-39)46-33-29-43(30-34-46)44-15-12-16-47(37-44)59-55-21-10-7-18-51(55)52-19-8-11-22-56(52)59;1-51(2)46-23-10-6-20-42(46)43-32-31-40(34-47(43)51)52(48-24-11-7-19-41(48)36-15-4-3-5-16-36)38-29-27-35(28-30-38)37-17-14-18-39(33-37)53-49-25-12-8-21-44(49)45-22-9-13-26-50(45)53/h3-38H,1-2H3;3-34H,1-2H3. The Hall–Kier alpha value is -14.1. The molecular formula is C108H80N4. The third-order valence-corrected chi connectivity index (χ3v) is 23.6. The number of nitrogens with zero attached hydrogens (tertiary/aromatic N) is 4. The first kappa shape index (κ1) is 67.3. The molecule has 4 nitrogen and oxygen atoms in total. The average molecular weight is 1430 g/mol. The first-order valence-corrected chi connectivity index (χ1v) is 39.0. The van der Waals surface area contributed by atoms with Gasteiger partial charge in [0.25, 0.3) is 0 Å². The molecule has 0 saturated heterocycles. The van der Waals surface area contributed by atoms with E-state index in [0.29, 0.717) is 0 Å². The third-order valence-electron chi connectivity index (χ3n) is 23.6. The minimum absolute atomic E-state index is 0.0994. The molecule has 19 aromatic rings. The molecule has 0 unspecified atom stereocenters. The van der Waals surface area contributed by atoms with Crippen LogP contribution in [0.2, 0.25) is 0 Å². The first-order chi connectivity index (χ1) is 55.1. The minimum Gasteiger partial charge on any atom is -0.310 e. The van der Waals surface area contributed by atoms with E-state index in [0.717, 1.165) is 45.5 Å². The Balaban J connectivity index is 0.000000147. The maximum atomic E-state index is 2.43. The molecule has 0 radical (unpaired) electrons. The lowest BCUT2D eigenvalue weighted by atomic mass is 9.82. The van der Waals surface area contributed by atoms with Crippen molar-refractivity contribution in [3.63, 3.8) is 0 Å². The van der Waals surface area contributed by atoms with Gasteiger partial charge < -0.3 is 18.9 Å². The zero-order chi connectivity index (χ0) is 75.0. The molecule has 2 aliphatic rings. The molecule has 17 aromatic carbocycles. The highest BCUT2D eigenvalue weighted by Crippen LogP contribution is 2.54. The summed E-state index contributed by atoms with van der Waals surface area (Å²) >= 11 is 0. The second-order valence-corrected chi connectivity index (χ2v) is 30.8. The van der Waals surface area contributed by atoms with Crippen LogP contribution in [0.25, 0.3) is 133 Å². The normalized spacial score (nSPS) is 12.8. The van der Waals surface area contributed by atoms with Gasteiger partial charge in [-0.05, 0) is 210 Å². The van der Waals surface area contributed by atoms with Crippen molar-refractivity contribution in [1.82, 2.24) is 9.13 Å². The van der Waals surface area contributed by atoms with Crippen molar-refractivity contribution in [3.8, 4) is 89.3 Å². The highest BCUT2D eigenvalue weighted by atomic mass is 15.2. The summed E-state index contributed by atoms with van der Waals surface area (Å²) in [5, 5.41) is 5.08. The van der Waals surface area contributed by atoms with E-state index in [1.165, 1.54) is 144 Å². The van der Waals surface area contributed by atoms with Crippen molar-refractivity contribution in [2.24, 2.45) is 0 Å². The van der Waals surface area contributed by atoms with E-state index in [-0.39, 0.29) is 10.8 Å². The number of fused-ring (bicyclic) bond motifs is 12. The van der Waals surface area contributed by atoms with Crippen LogP contribution in [-0.4, -0.2) is 9.13 Å². The summed E-state index contributed by atoms with van der Waals surface area (Å²) in [6.45, 7) is 9.41. The molecule has 532 valence electrons. The van der Waals surface area contributed by atoms with Crippen LogP contribution in [0.3, 0.4) is 0 Å². The lowest BCUT2D eigenvalue weighted by molar-refractivity contribution is 0.660. The Labute approximate surface area is 654 Å². The van der Waals surface area contributed by atoms with E-state index in [1.807, 2.05) is 0 Å². The monoisotopic (exact) mass is 1430 g/mol. The number of anilines is 6. The molecule has 0 spiro atoms. The molecule has 112 heavy (non-hydrogen) atoms. The summed E-state index contributed by atoms with van der Waals surface area (Å²) in [7, 11) is 0. The zero-order valence-corrected chi connectivity index (χ0v) is 63.0. The van der Waals surface area contributed by atoms with Crippen LogP contribution in [0.1, 0.15) is 49.9 Å². The second kappa shape index (κ2) is 27.6. The Morgan fingerprint density at radius 1 is 0.188 bits per heavy atom. The van der Waals surface area contributed by atoms with Crippen LogP contribution < -0.4 is 9.80 Å². The van der Waals surface area contributed by atoms with E-state index in [4.69, 9.17) is 0 Å². The average Bonchev–Trinajstić information content (AvgIpc) is 1.62. The number of hydrogen-bond acceptors (Lipinski definition) is 2. The Morgan fingerprint density at radius 2 is 0.473 bits per heavy atom. The van der Waals surface area contributed by atoms with Crippen molar-refractivity contribution >= 4 is 77.7 Å². The van der Waals surface area contributed by atoms with E-state index >= 15 is 0 Å². The maximum Gasteiger partial charge on any atom is 0.0541 e. The number of para-hydroxylation sites is 5. The molecular weight excluding hydrogens is 1350 g/mol. The van der Waals surface area contributed by atoms with Gasteiger partial charge in [0.1, 0.15) is 0 Å². The Kier molecular flexibility index (Phi) is 16.6. The highest BCUT2D eigenvalue weighted by molar-refractivity contribution is 6.10. The van der Waals surface area contributed by atoms with Gasteiger partial charge in [-0.2, -0.15) is 0 Å². The highest BCUT2D eigenvalue weighted by Gasteiger charge is 2.38. The molecule has 0 bridgehead atoms. The van der Waals surface area contributed by atoms with Gasteiger partial charge >= 0.3 is 0 Å². The van der Waals surface area contributed by atoms with Crippen LogP contribution in [0, 0.1) is 0 Å². The summed E-state index contributed by atoms with van der Waals surface area (Å²) in [5.74, 6) is 0. The second-order valence-electron chi connectivity index (χ2n) is 30.8. The molecule has 0 saturated carbocycles. The molecule has 0 amide bonds. The van der Waals surface area contributed by atoms with Crippen molar-refractivity contribution in [2.75, 3.05) is 9.80 Å². The van der Waals surface area contributed by atoms with Gasteiger partial charge in [-0.3, -0.25) is 0 Å². The molecule has 0 atom stereocenters. The van der Waals surface area contributed by atoms with Crippen molar-refractivity contribution < 1.29 is 0 Å². The van der Waals surface area contributed by atoms with Gasteiger partial charge in [0.15, 0.2) is 0 Å². The van der Waals surface area contributed by atoms with Gasteiger partial charge in [-0.1, -0.05) is 325 Å². The van der Waals surface area contributed by atoms with Crippen LogP contribution >= 0.6 is 0 Å². The number of benzene rings is 17.